The molecule has 160 valence electrons. The number of hydrogen-bond donors (Lipinski definition) is 2. The summed E-state index contributed by atoms with van der Waals surface area (Å²) < 4.78 is 43.3. The number of amides is 1. The maximum Gasteiger partial charge on any atom is 0.422 e. The zero-order chi connectivity index (χ0) is 21.7. The van der Waals surface area contributed by atoms with Gasteiger partial charge in [-0.05, 0) is 31.0 Å². The van der Waals surface area contributed by atoms with Crippen LogP contribution in [0.5, 0.6) is 5.75 Å². The molecule has 0 saturated carbocycles. The fraction of sp³-hybridized carbons (Fsp3) is 0.368. The monoisotopic (exact) mass is 423 g/mol. The lowest BCUT2D eigenvalue weighted by Crippen LogP contribution is -2.26. The molecule has 3 heterocycles. The van der Waals surface area contributed by atoms with Crippen molar-refractivity contribution in [1.29, 1.82) is 0 Å². The van der Waals surface area contributed by atoms with Gasteiger partial charge in [0.1, 0.15) is 11.4 Å². The number of aryl methyl sites for hydroxylation is 1. The van der Waals surface area contributed by atoms with Crippen molar-refractivity contribution in [2.75, 3.05) is 19.8 Å². The molecule has 1 amide bonds. The number of aromatic nitrogens is 4. The van der Waals surface area contributed by atoms with Crippen molar-refractivity contribution in [2.24, 2.45) is 0 Å². The minimum atomic E-state index is -4.42. The average molecular weight is 423 g/mol. The molecule has 0 fully saturated rings. The van der Waals surface area contributed by atoms with Crippen LogP contribution in [0.3, 0.4) is 0 Å². The van der Waals surface area contributed by atoms with E-state index < -0.39 is 12.8 Å². The summed E-state index contributed by atoms with van der Waals surface area (Å²) in [4.78, 5) is 20.6. The second-order valence-corrected chi connectivity index (χ2v) is 6.60. The Kier molecular flexibility index (Phi) is 6.50. The SMILES string of the molecule is Cc1cc(Cn2cc3c(C(=O)NCCCO)nccc3n2)ncc1OCC(F)(F)F. The summed E-state index contributed by atoms with van der Waals surface area (Å²) in [5, 5.41) is 16.5. The van der Waals surface area contributed by atoms with Gasteiger partial charge < -0.3 is 15.2 Å². The van der Waals surface area contributed by atoms with E-state index in [1.54, 1.807) is 29.9 Å². The van der Waals surface area contributed by atoms with Gasteiger partial charge in [-0.3, -0.25) is 19.4 Å². The molecule has 11 heteroatoms. The summed E-state index contributed by atoms with van der Waals surface area (Å²) >= 11 is 0. The topological polar surface area (TPSA) is 102 Å². The Morgan fingerprint density at radius 2 is 2.13 bits per heavy atom. The molecular weight excluding hydrogens is 403 g/mol. The lowest BCUT2D eigenvalue weighted by Gasteiger charge is -2.11. The molecule has 0 bridgehead atoms. The van der Waals surface area contributed by atoms with Crippen molar-refractivity contribution < 1.29 is 27.8 Å². The van der Waals surface area contributed by atoms with Gasteiger partial charge in [0.15, 0.2) is 6.61 Å². The molecular formula is C19H20F3N5O3. The first-order chi connectivity index (χ1) is 14.3. The maximum absolute atomic E-state index is 12.3. The summed E-state index contributed by atoms with van der Waals surface area (Å²) in [7, 11) is 0. The summed E-state index contributed by atoms with van der Waals surface area (Å²) in [5.41, 5.74) is 1.88. The van der Waals surface area contributed by atoms with E-state index in [-0.39, 0.29) is 30.5 Å². The van der Waals surface area contributed by atoms with Crippen LogP contribution in [0.1, 0.15) is 28.2 Å². The first kappa shape index (κ1) is 21.5. The number of nitrogens with one attached hydrogen (secondary N) is 1. The van der Waals surface area contributed by atoms with Crippen LogP contribution in [0.4, 0.5) is 13.2 Å². The van der Waals surface area contributed by atoms with Crippen LogP contribution < -0.4 is 10.1 Å². The van der Waals surface area contributed by atoms with E-state index in [2.05, 4.69) is 20.4 Å². The van der Waals surface area contributed by atoms with E-state index in [1.807, 2.05) is 0 Å². The Hall–Kier alpha value is -3.21. The van der Waals surface area contributed by atoms with E-state index in [9.17, 15) is 18.0 Å². The summed E-state index contributed by atoms with van der Waals surface area (Å²) in [6, 6.07) is 3.29. The van der Waals surface area contributed by atoms with E-state index >= 15 is 0 Å². The Morgan fingerprint density at radius 3 is 2.83 bits per heavy atom. The molecule has 3 aromatic heterocycles. The van der Waals surface area contributed by atoms with Gasteiger partial charge >= 0.3 is 6.18 Å². The van der Waals surface area contributed by atoms with Gasteiger partial charge in [0.25, 0.3) is 5.91 Å². The van der Waals surface area contributed by atoms with Gasteiger partial charge in [-0.1, -0.05) is 0 Å². The summed E-state index contributed by atoms with van der Waals surface area (Å²) in [6.07, 6.45) is 0.413. The van der Waals surface area contributed by atoms with Gasteiger partial charge in [-0.15, -0.1) is 0 Å². The molecule has 3 aromatic rings. The van der Waals surface area contributed by atoms with Crippen LogP contribution in [-0.2, 0) is 6.54 Å². The molecule has 0 aliphatic rings. The van der Waals surface area contributed by atoms with Crippen LogP contribution in [0.25, 0.3) is 10.9 Å². The van der Waals surface area contributed by atoms with E-state index in [1.165, 1.54) is 12.4 Å². The molecule has 0 aromatic carbocycles. The van der Waals surface area contributed by atoms with Crippen molar-refractivity contribution in [1.82, 2.24) is 25.1 Å². The Morgan fingerprint density at radius 1 is 1.33 bits per heavy atom. The first-order valence-electron chi connectivity index (χ1n) is 9.13. The highest BCUT2D eigenvalue weighted by Crippen LogP contribution is 2.22. The standard InChI is InChI=1S/C19H20F3N5O3/c1-12-7-13(25-8-16(12)30-11-19(20,21)22)9-27-10-14-15(26-27)3-5-23-17(14)18(29)24-4-2-6-28/h3,5,7-8,10,28H,2,4,6,9,11H2,1H3,(H,24,29). The van der Waals surface area contributed by atoms with Crippen molar-refractivity contribution in [3.63, 3.8) is 0 Å². The molecule has 30 heavy (non-hydrogen) atoms. The number of alkyl halides is 3. The number of ether oxygens (including phenoxy) is 1. The number of fused-ring (bicyclic) bond motifs is 1. The lowest BCUT2D eigenvalue weighted by molar-refractivity contribution is -0.153. The molecule has 0 aliphatic heterocycles. The number of carbonyl (C=O) groups is 1. The zero-order valence-corrected chi connectivity index (χ0v) is 16.1. The van der Waals surface area contributed by atoms with E-state index in [4.69, 9.17) is 9.84 Å². The molecule has 0 atom stereocenters. The van der Waals surface area contributed by atoms with Crippen molar-refractivity contribution >= 4 is 16.8 Å². The molecule has 0 unspecified atom stereocenters. The number of halogens is 3. The van der Waals surface area contributed by atoms with Gasteiger partial charge in [-0.2, -0.15) is 18.3 Å². The Balaban J connectivity index is 1.75. The quantitative estimate of drug-likeness (QED) is 0.539. The third-order valence-electron chi connectivity index (χ3n) is 4.15. The Labute approximate surface area is 169 Å². The largest absolute Gasteiger partial charge is 0.482 e. The summed E-state index contributed by atoms with van der Waals surface area (Å²) in [5.74, 6) is -0.304. The van der Waals surface area contributed by atoms with Gasteiger partial charge in [0.05, 0.1) is 29.3 Å². The number of aliphatic hydroxyl groups is 1. The minimum absolute atomic E-state index is 0.0255. The highest BCUT2D eigenvalue weighted by Gasteiger charge is 2.28. The number of rotatable bonds is 8. The van der Waals surface area contributed by atoms with Crippen LogP contribution in [-0.4, -0.2) is 56.7 Å². The minimum Gasteiger partial charge on any atom is -0.482 e. The van der Waals surface area contributed by atoms with Crippen molar-refractivity contribution in [2.45, 2.75) is 26.1 Å². The van der Waals surface area contributed by atoms with Crippen LogP contribution in [0.2, 0.25) is 0 Å². The second-order valence-electron chi connectivity index (χ2n) is 6.60. The van der Waals surface area contributed by atoms with Crippen LogP contribution in [0.15, 0.2) is 30.7 Å². The molecule has 0 radical (unpaired) electrons. The number of aliphatic hydroxyl groups excluding tert-OH is 1. The van der Waals surface area contributed by atoms with Gasteiger partial charge in [-0.25, -0.2) is 0 Å². The number of carbonyl (C=O) groups excluding carboxylic acids is 1. The molecule has 0 aliphatic carbocycles. The molecule has 8 nitrogen and oxygen atoms in total. The maximum atomic E-state index is 12.3. The predicted molar refractivity (Wildman–Crippen MR) is 101 cm³/mol. The number of hydrogen-bond acceptors (Lipinski definition) is 6. The Bertz CT molecular complexity index is 1040. The zero-order valence-electron chi connectivity index (χ0n) is 16.1. The molecule has 3 rings (SSSR count). The molecule has 0 saturated heterocycles. The van der Waals surface area contributed by atoms with E-state index in [0.29, 0.717) is 35.1 Å². The predicted octanol–water partition coefficient (Wildman–Crippen LogP) is 2.24. The fourth-order valence-corrected chi connectivity index (χ4v) is 2.79. The third kappa shape index (κ3) is 5.44. The number of pyridine rings is 2. The summed E-state index contributed by atoms with van der Waals surface area (Å²) in [6.45, 7) is 0.807. The first-order valence-corrected chi connectivity index (χ1v) is 9.13. The molecule has 2 N–H and O–H groups in total. The normalized spacial score (nSPS) is 11.6. The van der Waals surface area contributed by atoms with Crippen LogP contribution >= 0.6 is 0 Å². The van der Waals surface area contributed by atoms with Gasteiger partial charge in [0, 0.05) is 25.5 Å². The van der Waals surface area contributed by atoms with Crippen LogP contribution in [0, 0.1) is 6.92 Å². The van der Waals surface area contributed by atoms with Crippen molar-refractivity contribution in [3.8, 4) is 5.75 Å². The van der Waals surface area contributed by atoms with Gasteiger partial charge in [0.2, 0.25) is 0 Å². The number of nitrogens with zero attached hydrogens (tertiary/aromatic N) is 4. The lowest BCUT2D eigenvalue weighted by atomic mass is 10.2. The second kappa shape index (κ2) is 9.08. The van der Waals surface area contributed by atoms with E-state index in [0.717, 1.165) is 0 Å². The highest BCUT2D eigenvalue weighted by molar-refractivity contribution is 6.04. The third-order valence-corrected chi connectivity index (χ3v) is 4.15. The average Bonchev–Trinajstić information content (AvgIpc) is 3.09. The smallest absolute Gasteiger partial charge is 0.422 e. The van der Waals surface area contributed by atoms with Crippen molar-refractivity contribution in [3.05, 3.63) is 47.7 Å². The fourth-order valence-electron chi connectivity index (χ4n) is 2.79. The molecule has 0 spiro atoms. The highest BCUT2D eigenvalue weighted by atomic mass is 19.4.